The van der Waals surface area contributed by atoms with Crippen LogP contribution in [0.5, 0.6) is 0 Å². The van der Waals surface area contributed by atoms with Gasteiger partial charge in [-0.1, -0.05) is 18.2 Å². The topological polar surface area (TPSA) is 84.4 Å². The van der Waals surface area contributed by atoms with E-state index in [1.165, 1.54) is 6.92 Å². The number of rotatable bonds is 7. The molecule has 3 amide bonds. The molecule has 0 spiro atoms. The van der Waals surface area contributed by atoms with Crippen molar-refractivity contribution in [3.63, 3.8) is 0 Å². The fraction of sp³-hybridized carbons (Fsp3) is 0.375. The summed E-state index contributed by atoms with van der Waals surface area (Å²) in [7, 11) is 1.66. The van der Waals surface area contributed by atoms with Crippen molar-refractivity contribution in [3.8, 4) is 0 Å². The Bertz CT molecular complexity index is 681. The first-order chi connectivity index (χ1) is 11.1. The molecule has 0 unspecified atom stereocenters. The Labute approximate surface area is 135 Å². The zero-order valence-electron chi connectivity index (χ0n) is 13.4. The van der Waals surface area contributed by atoms with E-state index >= 15 is 0 Å². The summed E-state index contributed by atoms with van der Waals surface area (Å²) in [6.45, 7) is 3.52. The van der Waals surface area contributed by atoms with Crippen LogP contribution in [0.25, 0.3) is 10.9 Å². The van der Waals surface area contributed by atoms with Gasteiger partial charge in [0.1, 0.15) is 0 Å². The van der Waals surface area contributed by atoms with E-state index in [0.29, 0.717) is 26.2 Å². The van der Waals surface area contributed by atoms with Crippen LogP contribution in [0, 0.1) is 0 Å². The van der Waals surface area contributed by atoms with Crippen LogP contribution < -0.4 is 16.0 Å². The van der Waals surface area contributed by atoms with E-state index in [2.05, 4.69) is 16.0 Å². The molecule has 0 radical (unpaired) electrons. The Hall–Kier alpha value is -2.54. The predicted molar refractivity (Wildman–Crippen MR) is 89.5 cm³/mol. The lowest BCUT2D eigenvalue weighted by Gasteiger charge is -2.07. The second-order valence-corrected chi connectivity index (χ2v) is 5.11. The van der Waals surface area contributed by atoms with Crippen molar-refractivity contribution in [3.05, 3.63) is 30.5 Å². The lowest BCUT2D eigenvalue weighted by Crippen LogP contribution is -2.36. The molecule has 0 bridgehead atoms. The van der Waals surface area contributed by atoms with Gasteiger partial charge in [0.15, 0.2) is 0 Å². The summed E-state index contributed by atoms with van der Waals surface area (Å²) in [5, 5.41) is 9.15. The number of para-hydroxylation sites is 1. The number of methoxy groups -OCH3 is 1. The van der Waals surface area contributed by atoms with Crippen LogP contribution in [0.15, 0.2) is 30.5 Å². The average molecular weight is 318 g/mol. The molecule has 0 aliphatic rings. The highest BCUT2D eigenvalue weighted by molar-refractivity contribution is 6.01. The van der Waals surface area contributed by atoms with E-state index < -0.39 is 0 Å². The van der Waals surface area contributed by atoms with Gasteiger partial charge in [-0.3, -0.25) is 4.79 Å². The minimum atomic E-state index is -0.301. The molecule has 2 aromatic rings. The van der Waals surface area contributed by atoms with E-state index in [9.17, 15) is 9.59 Å². The molecular formula is C16H22N4O3. The van der Waals surface area contributed by atoms with Gasteiger partial charge < -0.3 is 25.3 Å². The minimum Gasteiger partial charge on any atom is -0.383 e. The summed E-state index contributed by atoms with van der Waals surface area (Å²) >= 11 is 0. The van der Waals surface area contributed by atoms with Crippen LogP contribution in [-0.2, 0) is 16.1 Å². The van der Waals surface area contributed by atoms with Crippen LogP contribution in [0.1, 0.15) is 6.92 Å². The first-order valence-corrected chi connectivity index (χ1v) is 7.48. The first kappa shape index (κ1) is 16.8. The third-order valence-electron chi connectivity index (χ3n) is 3.36. The smallest absolute Gasteiger partial charge is 0.319 e. The summed E-state index contributed by atoms with van der Waals surface area (Å²) in [6.07, 6.45) is 1.90. The summed E-state index contributed by atoms with van der Waals surface area (Å²) in [4.78, 5) is 22.7. The Morgan fingerprint density at radius 2 is 1.91 bits per heavy atom. The Morgan fingerprint density at radius 1 is 1.17 bits per heavy atom. The highest BCUT2D eigenvalue weighted by Crippen LogP contribution is 2.25. The van der Waals surface area contributed by atoms with Crippen LogP contribution in [0.4, 0.5) is 10.5 Å². The average Bonchev–Trinajstić information content (AvgIpc) is 2.87. The Morgan fingerprint density at radius 3 is 2.65 bits per heavy atom. The number of anilines is 1. The third kappa shape index (κ3) is 4.72. The monoisotopic (exact) mass is 318 g/mol. The van der Waals surface area contributed by atoms with Crippen LogP contribution in [0.2, 0.25) is 0 Å². The third-order valence-corrected chi connectivity index (χ3v) is 3.36. The van der Waals surface area contributed by atoms with E-state index in [-0.39, 0.29) is 11.9 Å². The molecule has 2 rings (SSSR count). The number of nitrogens with zero attached hydrogens (tertiary/aromatic N) is 1. The minimum absolute atomic E-state index is 0.117. The quantitative estimate of drug-likeness (QED) is 0.677. The normalized spacial score (nSPS) is 10.5. The van der Waals surface area contributed by atoms with Crippen molar-refractivity contribution < 1.29 is 14.3 Å². The maximum Gasteiger partial charge on any atom is 0.319 e. The molecular weight excluding hydrogens is 296 g/mol. The number of fused-ring (bicyclic) bond motifs is 1. The van der Waals surface area contributed by atoms with Gasteiger partial charge in [-0.15, -0.1) is 0 Å². The van der Waals surface area contributed by atoms with Gasteiger partial charge in [-0.2, -0.15) is 0 Å². The van der Waals surface area contributed by atoms with Gasteiger partial charge >= 0.3 is 6.03 Å². The molecule has 1 aromatic carbocycles. The maximum atomic E-state index is 12.0. The molecule has 3 N–H and O–H groups in total. The van der Waals surface area contributed by atoms with Gasteiger partial charge in [0, 0.05) is 45.3 Å². The number of amides is 3. The Kier molecular flexibility index (Phi) is 5.99. The second kappa shape index (κ2) is 8.19. The van der Waals surface area contributed by atoms with Crippen molar-refractivity contribution in [1.29, 1.82) is 0 Å². The lowest BCUT2D eigenvalue weighted by atomic mass is 10.2. The molecule has 0 atom stereocenters. The molecule has 0 aliphatic heterocycles. The summed E-state index contributed by atoms with van der Waals surface area (Å²) in [5.41, 5.74) is 1.78. The molecule has 0 aliphatic carbocycles. The van der Waals surface area contributed by atoms with Crippen LogP contribution in [-0.4, -0.2) is 43.3 Å². The van der Waals surface area contributed by atoms with Gasteiger partial charge in [0.05, 0.1) is 17.8 Å². The van der Waals surface area contributed by atoms with Gasteiger partial charge in [-0.25, -0.2) is 4.79 Å². The molecule has 0 saturated carbocycles. The van der Waals surface area contributed by atoms with Gasteiger partial charge in [0.25, 0.3) is 0 Å². The molecule has 7 heteroatoms. The van der Waals surface area contributed by atoms with E-state index in [4.69, 9.17) is 4.74 Å². The summed E-state index contributed by atoms with van der Waals surface area (Å²) in [6, 6.07) is 7.56. The number of carbonyl (C=O) groups is 2. The molecule has 1 aromatic heterocycles. The molecule has 0 fully saturated rings. The zero-order chi connectivity index (χ0) is 16.7. The number of urea groups is 1. The summed E-state index contributed by atoms with van der Waals surface area (Å²) < 4.78 is 7.16. The number of ether oxygens (including phenoxy) is 1. The summed E-state index contributed by atoms with van der Waals surface area (Å²) in [5.74, 6) is -0.117. The Balaban J connectivity index is 2.01. The molecule has 7 nitrogen and oxygen atoms in total. The number of carbonyl (C=O) groups excluding carboxylic acids is 2. The highest BCUT2D eigenvalue weighted by Gasteiger charge is 2.10. The predicted octanol–water partition coefficient (Wildman–Crippen LogP) is 1.55. The van der Waals surface area contributed by atoms with Gasteiger partial charge in [0.2, 0.25) is 5.91 Å². The second-order valence-electron chi connectivity index (χ2n) is 5.11. The van der Waals surface area contributed by atoms with Crippen molar-refractivity contribution in [2.24, 2.45) is 0 Å². The zero-order valence-corrected chi connectivity index (χ0v) is 13.4. The molecule has 124 valence electrons. The SMILES string of the molecule is COCCn1cc(NC(=O)NCCNC(C)=O)c2ccccc21. The fourth-order valence-corrected chi connectivity index (χ4v) is 2.30. The molecule has 1 heterocycles. The van der Waals surface area contributed by atoms with Crippen molar-refractivity contribution in [2.75, 3.05) is 32.1 Å². The number of hydrogen-bond acceptors (Lipinski definition) is 3. The van der Waals surface area contributed by atoms with Crippen LogP contribution >= 0.6 is 0 Å². The number of nitrogens with one attached hydrogen (secondary N) is 3. The van der Waals surface area contributed by atoms with Crippen molar-refractivity contribution >= 4 is 28.5 Å². The maximum absolute atomic E-state index is 12.0. The number of benzene rings is 1. The molecule has 23 heavy (non-hydrogen) atoms. The molecule has 0 saturated heterocycles. The number of aromatic nitrogens is 1. The van der Waals surface area contributed by atoms with E-state index in [1.807, 2.05) is 35.0 Å². The largest absolute Gasteiger partial charge is 0.383 e. The van der Waals surface area contributed by atoms with Crippen LogP contribution in [0.3, 0.4) is 0 Å². The van der Waals surface area contributed by atoms with Gasteiger partial charge in [-0.05, 0) is 6.07 Å². The number of hydrogen-bond donors (Lipinski definition) is 3. The van der Waals surface area contributed by atoms with E-state index in [1.54, 1.807) is 7.11 Å². The first-order valence-electron chi connectivity index (χ1n) is 7.48. The van der Waals surface area contributed by atoms with Crippen molar-refractivity contribution in [2.45, 2.75) is 13.5 Å². The van der Waals surface area contributed by atoms with Crippen molar-refractivity contribution in [1.82, 2.24) is 15.2 Å². The standard InChI is InChI=1S/C16H22N4O3/c1-12(21)17-7-8-18-16(22)19-14-11-20(9-10-23-2)15-6-4-3-5-13(14)15/h3-6,11H,7-10H2,1-2H3,(H,17,21)(H2,18,19,22). The fourth-order valence-electron chi connectivity index (χ4n) is 2.30. The lowest BCUT2D eigenvalue weighted by molar-refractivity contribution is -0.118. The van der Waals surface area contributed by atoms with E-state index in [0.717, 1.165) is 16.6 Å². The highest BCUT2D eigenvalue weighted by atomic mass is 16.5.